The summed E-state index contributed by atoms with van der Waals surface area (Å²) < 4.78 is 44.3. The molecule has 17 nitrogen and oxygen atoms in total. The molecule has 0 aromatic heterocycles. The number of carbonyl (C=O) groups excluding carboxylic acids is 7. The van der Waals surface area contributed by atoms with Crippen LogP contribution in [0, 0.1) is 12.3 Å². The Labute approximate surface area is 346 Å². The molecule has 0 bridgehead atoms. The van der Waals surface area contributed by atoms with Crippen molar-refractivity contribution in [3.63, 3.8) is 0 Å². The van der Waals surface area contributed by atoms with Crippen LogP contribution in [-0.4, -0.2) is 129 Å². The maximum absolute atomic E-state index is 13.7. The second-order valence-corrected chi connectivity index (χ2v) is 14.4. The van der Waals surface area contributed by atoms with Gasteiger partial charge in [0.05, 0.1) is 45.9 Å². The molecular formula is C41H50N2O15S. The van der Waals surface area contributed by atoms with Gasteiger partial charge in [0.15, 0.2) is 18.8 Å². The second kappa shape index (κ2) is 24.4. The summed E-state index contributed by atoms with van der Waals surface area (Å²) in [4.78, 5) is 87.7. The number of nitrogens with one attached hydrogen (secondary N) is 2. The van der Waals surface area contributed by atoms with Crippen LogP contribution in [0.4, 0.5) is 0 Å². The lowest BCUT2D eigenvalue weighted by molar-refractivity contribution is -0.221. The molecule has 0 aliphatic carbocycles. The van der Waals surface area contributed by atoms with Crippen LogP contribution in [0.1, 0.15) is 39.7 Å². The van der Waals surface area contributed by atoms with Gasteiger partial charge in [0.2, 0.25) is 10.8 Å². The number of esters is 5. The summed E-state index contributed by atoms with van der Waals surface area (Å²) in [6, 6.07) is 15.6. The van der Waals surface area contributed by atoms with Crippen LogP contribution < -0.4 is 10.6 Å². The van der Waals surface area contributed by atoms with E-state index in [-0.39, 0.29) is 38.6 Å². The SMILES string of the molecule is C#CCOCCOCCS[C@]1(C(=O)OC)C[C@H](OC(C)=O)[C@@H](NC(=O)COC(C)=O)[C@H]([C@H](OC(C)=O)[C@@H](CNC(=O)Cc2ccc(-c3ccccc3)cc2)OC(C)=O)O1. The number of amides is 2. The van der Waals surface area contributed by atoms with E-state index in [0.29, 0.717) is 5.56 Å². The minimum atomic E-state index is -2.01. The van der Waals surface area contributed by atoms with E-state index in [2.05, 4.69) is 16.6 Å². The molecule has 1 heterocycles. The molecule has 2 N–H and O–H groups in total. The number of rotatable bonds is 22. The van der Waals surface area contributed by atoms with Gasteiger partial charge < -0.3 is 48.5 Å². The fraction of sp³-hybridized carbons (Fsp3) is 0.488. The third-order valence-corrected chi connectivity index (χ3v) is 9.72. The topological polar surface area (TPSA) is 217 Å². The van der Waals surface area contributed by atoms with E-state index in [4.69, 9.17) is 44.3 Å². The molecule has 2 aromatic carbocycles. The van der Waals surface area contributed by atoms with Crippen LogP contribution in [0.3, 0.4) is 0 Å². The van der Waals surface area contributed by atoms with E-state index in [9.17, 15) is 33.6 Å². The van der Waals surface area contributed by atoms with Crippen molar-refractivity contribution in [2.45, 2.75) is 75.9 Å². The highest BCUT2D eigenvalue weighted by Crippen LogP contribution is 2.43. The van der Waals surface area contributed by atoms with Gasteiger partial charge >= 0.3 is 29.8 Å². The van der Waals surface area contributed by atoms with E-state index in [0.717, 1.165) is 57.7 Å². The molecule has 1 aliphatic rings. The lowest BCUT2D eigenvalue weighted by atomic mass is 9.89. The first-order valence-corrected chi connectivity index (χ1v) is 19.5. The molecule has 0 unspecified atom stereocenters. The van der Waals surface area contributed by atoms with E-state index >= 15 is 0 Å². The van der Waals surface area contributed by atoms with E-state index < -0.39 is 96.6 Å². The lowest BCUT2D eigenvalue weighted by Gasteiger charge is -2.48. The number of ether oxygens (including phenoxy) is 8. The summed E-state index contributed by atoms with van der Waals surface area (Å²) in [5, 5.41) is 5.30. The number of thioether (sulfide) groups is 1. The van der Waals surface area contributed by atoms with Gasteiger partial charge in [-0.05, 0) is 16.7 Å². The molecule has 0 radical (unpaired) electrons. The smallest absolute Gasteiger partial charge is 0.348 e. The van der Waals surface area contributed by atoms with Crippen molar-refractivity contribution < 1.29 is 71.5 Å². The van der Waals surface area contributed by atoms with Crippen LogP contribution in [-0.2, 0) is 77.9 Å². The monoisotopic (exact) mass is 842 g/mol. The molecule has 0 saturated carbocycles. The van der Waals surface area contributed by atoms with E-state index in [1.165, 1.54) is 0 Å². The summed E-state index contributed by atoms with van der Waals surface area (Å²) in [7, 11) is 1.10. The Balaban J connectivity index is 2.00. The predicted octanol–water partition coefficient (Wildman–Crippen LogP) is 1.91. The summed E-state index contributed by atoms with van der Waals surface area (Å²) in [6.07, 6.45) is -1.54. The van der Waals surface area contributed by atoms with Crippen molar-refractivity contribution in [1.29, 1.82) is 0 Å². The van der Waals surface area contributed by atoms with Gasteiger partial charge in [-0.3, -0.25) is 28.8 Å². The van der Waals surface area contributed by atoms with Crippen LogP contribution in [0.5, 0.6) is 0 Å². The average Bonchev–Trinajstić information content (AvgIpc) is 3.19. The highest BCUT2D eigenvalue weighted by molar-refractivity contribution is 8.01. The molecule has 2 aromatic rings. The zero-order chi connectivity index (χ0) is 43.4. The van der Waals surface area contributed by atoms with Gasteiger partial charge in [-0.1, -0.05) is 60.5 Å². The zero-order valence-corrected chi connectivity index (χ0v) is 34.4. The number of hydrogen-bond donors (Lipinski definition) is 2. The van der Waals surface area contributed by atoms with Gasteiger partial charge in [-0.15, -0.1) is 18.2 Å². The molecule has 2 amide bonds. The number of methoxy groups -OCH3 is 1. The Morgan fingerprint density at radius 3 is 2.12 bits per heavy atom. The van der Waals surface area contributed by atoms with E-state index in [1.54, 1.807) is 12.1 Å². The highest BCUT2D eigenvalue weighted by Gasteiger charge is 2.58. The summed E-state index contributed by atoms with van der Waals surface area (Å²) in [5.41, 5.74) is 2.61. The van der Waals surface area contributed by atoms with Crippen molar-refractivity contribution in [2.75, 3.05) is 52.4 Å². The van der Waals surface area contributed by atoms with Crippen LogP contribution in [0.2, 0.25) is 0 Å². The summed E-state index contributed by atoms with van der Waals surface area (Å²) in [5.74, 6) is -3.22. The molecule has 6 atom stereocenters. The Morgan fingerprint density at radius 2 is 1.51 bits per heavy atom. The standard InChI is InChI=1S/C41H50N2O15S/c1-7-17-52-18-19-53-20-21-59-41(40(50)51-6)23-33(55-27(3)45)37(43-36(49)25-54-26(2)44)39(58-41)38(57-29(5)47)34(56-28(4)46)24-42-35(48)22-30-13-15-32(16-14-30)31-11-9-8-10-12-31/h1,8-16,33-34,37-39H,17-25H2,2-6H3,(H,42,48)(H,43,49)/t33-,34+,37+,38+,39+,41-/m0/s1. The fourth-order valence-electron chi connectivity index (χ4n) is 6.06. The van der Waals surface area contributed by atoms with Crippen molar-refractivity contribution in [3.8, 4) is 23.5 Å². The van der Waals surface area contributed by atoms with Crippen molar-refractivity contribution in [1.82, 2.24) is 10.6 Å². The quantitative estimate of drug-likeness (QED) is 0.0749. The number of benzene rings is 2. The largest absolute Gasteiger partial charge is 0.466 e. The number of carbonyl (C=O) groups is 7. The molecule has 59 heavy (non-hydrogen) atoms. The molecule has 1 aliphatic heterocycles. The van der Waals surface area contributed by atoms with Gasteiger partial charge in [-0.25, -0.2) is 4.79 Å². The lowest BCUT2D eigenvalue weighted by Crippen LogP contribution is -2.68. The second-order valence-electron chi connectivity index (χ2n) is 13.0. The van der Waals surface area contributed by atoms with Crippen molar-refractivity contribution in [2.24, 2.45) is 0 Å². The molecular weight excluding hydrogens is 793 g/mol. The normalized spacial score (nSPS) is 19.4. The maximum atomic E-state index is 13.7. The predicted molar refractivity (Wildman–Crippen MR) is 211 cm³/mol. The molecule has 1 fully saturated rings. The molecule has 0 spiro atoms. The Morgan fingerprint density at radius 1 is 0.847 bits per heavy atom. The molecule has 320 valence electrons. The van der Waals surface area contributed by atoms with Crippen molar-refractivity contribution >= 4 is 53.4 Å². The first-order chi connectivity index (χ1) is 28.2. The maximum Gasteiger partial charge on any atom is 0.348 e. The van der Waals surface area contributed by atoms with Gasteiger partial charge in [0.25, 0.3) is 5.91 Å². The number of terminal acetylenes is 1. The zero-order valence-electron chi connectivity index (χ0n) is 33.6. The first-order valence-electron chi connectivity index (χ1n) is 18.5. The molecule has 1 saturated heterocycles. The Bertz CT molecular complexity index is 1780. The van der Waals surface area contributed by atoms with Crippen molar-refractivity contribution in [3.05, 3.63) is 60.2 Å². The van der Waals surface area contributed by atoms with Crippen LogP contribution in [0.25, 0.3) is 11.1 Å². The van der Waals surface area contributed by atoms with Gasteiger partial charge in [0.1, 0.15) is 18.8 Å². The van der Waals surface area contributed by atoms with Gasteiger partial charge in [0, 0.05) is 39.9 Å². The third-order valence-electron chi connectivity index (χ3n) is 8.45. The van der Waals surface area contributed by atoms with Gasteiger partial charge in [-0.2, -0.15) is 0 Å². The van der Waals surface area contributed by atoms with Crippen LogP contribution >= 0.6 is 11.8 Å². The fourth-order valence-corrected chi connectivity index (χ4v) is 7.25. The minimum absolute atomic E-state index is 0.0715. The first kappa shape index (κ1) is 47.9. The molecule has 3 rings (SSSR count). The Hall–Kier alpha value is -5.48. The number of hydrogen-bond acceptors (Lipinski definition) is 16. The average molecular weight is 843 g/mol. The minimum Gasteiger partial charge on any atom is -0.466 e. The molecule has 18 heteroatoms. The van der Waals surface area contributed by atoms with Crippen LogP contribution in [0.15, 0.2) is 54.6 Å². The third kappa shape index (κ3) is 16.0. The van der Waals surface area contributed by atoms with E-state index in [1.807, 2.05) is 42.5 Å². The Kier molecular flexibility index (Phi) is 19.8. The summed E-state index contributed by atoms with van der Waals surface area (Å²) >= 11 is 0.910. The highest BCUT2D eigenvalue weighted by atomic mass is 32.2. The summed E-state index contributed by atoms with van der Waals surface area (Å²) in [6.45, 7) is 3.67.